The molecular weight excluding hydrogens is 362 g/mol. The monoisotopic (exact) mass is 371 g/mol. The average molecular weight is 373 g/mol. The predicted molar refractivity (Wildman–Crippen MR) is 76.8 cm³/mol. The molecule has 0 bridgehead atoms. The number of aliphatic hydroxyl groups is 1. The van der Waals surface area contributed by atoms with Gasteiger partial charge in [-0.3, -0.25) is 4.98 Å². The van der Waals surface area contributed by atoms with Gasteiger partial charge in [0.2, 0.25) is 0 Å². The van der Waals surface area contributed by atoms with Crippen LogP contribution in [0.5, 0.6) is 11.5 Å². The maximum atomic E-state index is 9.53. The molecule has 18 heavy (non-hydrogen) atoms. The third-order valence-corrected chi connectivity index (χ3v) is 3.46. The molecule has 1 heterocycles. The molecule has 0 saturated heterocycles. The van der Waals surface area contributed by atoms with Crippen LogP contribution in [0.15, 0.2) is 45.6 Å². The largest absolute Gasteiger partial charge is 0.456 e. The Morgan fingerprint density at radius 2 is 1.94 bits per heavy atom. The van der Waals surface area contributed by atoms with Gasteiger partial charge in [0, 0.05) is 15.1 Å². The summed E-state index contributed by atoms with van der Waals surface area (Å²) in [7, 11) is 0. The first kappa shape index (κ1) is 13.5. The highest BCUT2D eigenvalue weighted by Gasteiger charge is 2.07. The Hall–Kier alpha value is -0.910. The summed E-state index contributed by atoms with van der Waals surface area (Å²) in [4.78, 5) is 4.02. The van der Waals surface area contributed by atoms with E-state index in [9.17, 15) is 5.11 Å². The molecule has 0 aliphatic rings. The lowest BCUT2D eigenvalue weighted by molar-refractivity contribution is 0.198. The normalized spacial score (nSPS) is 12.2. The number of hydrogen-bond acceptors (Lipinski definition) is 3. The first-order valence-electron chi connectivity index (χ1n) is 5.32. The Bertz CT molecular complexity index is 558. The average Bonchev–Trinajstić information content (AvgIpc) is 2.28. The standard InChI is InChI=1S/C13H11Br2NO2/c1-8(17)12-3-2-10(5-13(12)15)18-11-4-9(14)6-16-7-11/h2-8,17H,1H3. The highest BCUT2D eigenvalue weighted by molar-refractivity contribution is 9.10. The lowest BCUT2D eigenvalue weighted by atomic mass is 10.1. The molecule has 1 unspecified atom stereocenters. The van der Waals surface area contributed by atoms with E-state index >= 15 is 0 Å². The number of pyridine rings is 1. The van der Waals surface area contributed by atoms with E-state index in [2.05, 4.69) is 36.8 Å². The van der Waals surface area contributed by atoms with Crippen LogP contribution in [0.25, 0.3) is 0 Å². The molecule has 0 fully saturated rings. The first-order valence-corrected chi connectivity index (χ1v) is 6.91. The first-order chi connectivity index (χ1) is 8.56. The van der Waals surface area contributed by atoms with Gasteiger partial charge >= 0.3 is 0 Å². The highest BCUT2D eigenvalue weighted by Crippen LogP contribution is 2.30. The smallest absolute Gasteiger partial charge is 0.146 e. The third kappa shape index (κ3) is 3.31. The molecule has 0 spiro atoms. The molecule has 2 rings (SSSR count). The molecule has 3 nitrogen and oxygen atoms in total. The fourth-order valence-corrected chi connectivity index (χ4v) is 2.53. The van der Waals surface area contributed by atoms with Crippen LogP contribution < -0.4 is 4.74 Å². The maximum Gasteiger partial charge on any atom is 0.146 e. The summed E-state index contributed by atoms with van der Waals surface area (Å²) in [5.74, 6) is 1.34. The van der Waals surface area contributed by atoms with Crippen LogP contribution in [-0.4, -0.2) is 10.1 Å². The van der Waals surface area contributed by atoms with E-state index in [1.54, 1.807) is 19.3 Å². The topological polar surface area (TPSA) is 42.4 Å². The zero-order valence-electron chi connectivity index (χ0n) is 9.60. The summed E-state index contributed by atoms with van der Waals surface area (Å²) in [5, 5.41) is 9.53. The van der Waals surface area contributed by atoms with Crippen LogP contribution in [0.3, 0.4) is 0 Å². The van der Waals surface area contributed by atoms with E-state index in [1.807, 2.05) is 24.3 Å². The van der Waals surface area contributed by atoms with Crippen LogP contribution in [0.4, 0.5) is 0 Å². The quantitative estimate of drug-likeness (QED) is 0.865. The van der Waals surface area contributed by atoms with E-state index in [0.29, 0.717) is 11.5 Å². The van der Waals surface area contributed by atoms with Gasteiger partial charge in [-0.1, -0.05) is 22.0 Å². The zero-order valence-corrected chi connectivity index (χ0v) is 12.8. The Labute approximate surface area is 122 Å². The van der Waals surface area contributed by atoms with Gasteiger partial charge in [-0.25, -0.2) is 0 Å². The van der Waals surface area contributed by atoms with Crippen LogP contribution in [0, 0.1) is 0 Å². The lowest BCUT2D eigenvalue weighted by Gasteiger charge is -2.10. The van der Waals surface area contributed by atoms with Crippen molar-refractivity contribution in [3.05, 3.63) is 51.2 Å². The number of rotatable bonds is 3. The summed E-state index contributed by atoms with van der Waals surface area (Å²) in [6.07, 6.45) is 2.82. The number of nitrogens with zero attached hydrogens (tertiary/aromatic N) is 1. The van der Waals surface area contributed by atoms with Crippen LogP contribution in [0.2, 0.25) is 0 Å². The third-order valence-electron chi connectivity index (χ3n) is 2.34. The molecule has 5 heteroatoms. The Morgan fingerprint density at radius 1 is 1.17 bits per heavy atom. The Kier molecular flexibility index (Phi) is 4.37. The number of benzene rings is 1. The molecule has 94 valence electrons. The van der Waals surface area contributed by atoms with Crippen molar-refractivity contribution in [3.63, 3.8) is 0 Å². The molecule has 0 aliphatic heterocycles. The van der Waals surface area contributed by atoms with Crippen molar-refractivity contribution in [2.45, 2.75) is 13.0 Å². The molecule has 1 atom stereocenters. The molecule has 0 amide bonds. The lowest BCUT2D eigenvalue weighted by Crippen LogP contribution is -1.93. The molecular formula is C13H11Br2NO2. The second-order valence-electron chi connectivity index (χ2n) is 3.80. The Balaban J connectivity index is 2.23. The summed E-state index contributed by atoms with van der Waals surface area (Å²) < 4.78 is 7.35. The van der Waals surface area contributed by atoms with Gasteiger partial charge in [0.25, 0.3) is 0 Å². The van der Waals surface area contributed by atoms with E-state index in [1.165, 1.54) is 0 Å². The highest BCUT2D eigenvalue weighted by atomic mass is 79.9. The molecule has 0 radical (unpaired) electrons. The second kappa shape index (κ2) is 5.82. The zero-order chi connectivity index (χ0) is 13.1. The van der Waals surface area contributed by atoms with Crippen molar-refractivity contribution in [2.75, 3.05) is 0 Å². The number of ether oxygens (including phenoxy) is 1. The maximum absolute atomic E-state index is 9.53. The van der Waals surface area contributed by atoms with Crippen LogP contribution >= 0.6 is 31.9 Å². The summed E-state index contributed by atoms with van der Waals surface area (Å²) >= 11 is 6.75. The SMILES string of the molecule is CC(O)c1ccc(Oc2cncc(Br)c2)cc1Br. The van der Waals surface area contributed by atoms with Crippen molar-refractivity contribution in [1.82, 2.24) is 4.98 Å². The van der Waals surface area contributed by atoms with Gasteiger partial charge in [-0.2, -0.15) is 0 Å². The van der Waals surface area contributed by atoms with Gasteiger partial charge in [-0.15, -0.1) is 0 Å². The molecule has 2 aromatic rings. The van der Waals surface area contributed by atoms with E-state index < -0.39 is 6.10 Å². The van der Waals surface area contributed by atoms with Crippen molar-refractivity contribution >= 4 is 31.9 Å². The van der Waals surface area contributed by atoms with Gasteiger partial charge in [-0.05, 0) is 46.6 Å². The minimum Gasteiger partial charge on any atom is -0.456 e. The van der Waals surface area contributed by atoms with Crippen LogP contribution in [0.1, 0.15) is 18.6 Å². The van der Waals surface area contributed by atoms with Crippen molar-refractivity contribution in [3.8, 4) is 11.5 Å². The van der Waals surface area contributed by atoms with E-state index in [0.717, 1.165) is 14.5 Å². The molecule has 0 aliphatic carbocycles. The van der Waals surface area contributed by atoms with Crippen LogP contribution in [-0.2, 0) is 0 Å². The minimum absolute atomic E-state index is 0.513. The summed E-state index contributed by atoms with van der Waals surface area (Å²) in [6.45, 7) is 1.72. The summed E-state index contributed by atoms with van der Waals surface area (Å²) in [5.41, 5.74) is 0.828. The predicted octanol–water partition coefficient (Wildman–Crippen LogP) is 4.45. The van der Waals surface area contributed by atoms with E-state index in [4.69, 9.17) is 4.74 Å². The molecule has 1 N–H and O–H groups in total. The summed E-state index contributed by atoms with van der Waals surface area (Å²) in [6, 6.07) is 7.30. The Morgan fingerprint density at radius 3 is 2.56 bits per heavy atom. The molecule has 1 aromatic heterocycles. The molecule has 1 aromatic carbocycles. The van der Waals surface area contributed by atoms with Gasteiger partial charge < -0.3 is 9.84 Å². The second-order valence-corrected chi connectivity index (χ2v) is 5.57. The van der Waals surface area contributed by atoms with E-state index in [-0.39, 0.29) is 0 Å². The van der Waals surface area contributed by atoms with Gasteiger partial charge in [0.15, 0.2) is 0 Å². The van der Waals surface area contributed by atoms with Crippen molar-refractivity contribution in [2.24, 2.45) is 0 Å². The fourth-order valence-electron chi connectivity index (χ4n) is 1.49. The van der Waals surface area contributed by atoms with Gasteiger partial charge in [0.1, 0.15) is 11.5 Å². The van der Waals surface area contributed by atoms with Crippen molar-refractivity contribution < 1.29 is 9.84 Å². The number of aromatic nitrogens is 1. The number of hydrogen-bond donors (Lipinski definition) is 1. The van der Waals surface area contributed by atoms with Gasteiger partial charge in [0.05, 0.1) is 12.3 Å². The van der Waals surface area contributed by atoms with Crippen molar-refractivity contribution in [1.29, 1.82) is 0 Å². The molecule has 0 saturated carbocycles. The fraction of sp³-hybridized carbons (Fsp3) is 0.154. The number of halogens is 2. The number of aliphatic hydroxyl groups excluding tert-OH is 1. The minimum atomic E-state index is -0.513.